The Morgan fingerprint density at radius 3 is 2.38 bits per heavy atom. The summed E-state index contributed by atoms with van der Waals surface area (Å²) < 4.78 is 4.94. The van der Waals surface area contributed by atoms with Crippen molar-refractivity contribution in [1.29, 1.82) is 0 Å². The van der Waals surface area contributed by atoms with Gasteiger partial charge in [-0.2, -0.15) is 10.2 Å². The second-order valence-corrected chi connectivity index (χ2v) is 5.96. The Morgan fingerprint density at radius 1 is 1.08 bits per heavy atom. The molecule has 1 aromatic heterocycles. The summed E-state index contributed by atoms with van der Waals surface area (Å²) in [5.41, 5.74) is 3.97. The summed E-state index contributed by atoms with van der Waals surface area (Å²) in [7, 11) is 1.37. The summed E-state index contributed by atoms with van der Waals surface area (Å²) >= 11 is 0. The Morgan fingerprint density at radius 2 is 1.73 bits per heavy atom. The van der Waals surface area contributed by atoms with Gasteiger partial charge < -0.3 is 10.1 Å². The molecule has 0 bridgehead atoms. The lowest BCUT2D eigenvalue weighted by molar-refractivity contribution is 0.0600. The normalized spacial score (nSPS) is 11.8. The molecule has 0 aliphatic rings. The number of hydrogen-bond acceptors (Lipinski definition) is 5. The second kappa shape index (κ2) is 8.36. The van der Waals surface area contributed by atoms with Crippen molar-refractivity contribution in [2.75, 3.05) is 7.11 Å². The molecule has 5 heteroatoms. The highest BCUT2D eigenvalue weighted by molar-refractivity contribution is 5.97. The summed E-state index contributed by atoms with van der Waals surface area (Å²) in [6.45, 7) is 2.71. The van der Waals surface area contributed by atoms with E-state index >= 15 is 0 Å². The molecule has 1 N–H and O–H groups in total. The van der Waals surface area contributed by atoms with Gasteiger partial charge >= 0.3 is 5.97 Å². The molecule has 5 nitrogen and oxygen atoms in total. The summed E-state index contributed by atoms with van der Waals surface area (Å²) in [5.74, 6) is -0.421. The van der Waals surface area contributed by atoms with Crippen LogP contribution >= 0.6 is 0 Å². The van der Waals surface area contributed by atoms with Gasteiger partial charge in [0.2, 0.25) is 0 Å². The minimum Gasteiger partial charge on any atom is -0.465 e. The fraction of sp³-hybridized carbons (Fsp3) is 0.190. The van der Waals surface area contributed by atoms with Crippen LogP contribution in [0.1, 0.15) is 34.6 Å². The molecule has 0 radical (unpaired) electrons. The number of nitrogens with zero attached hydrogens (tertiary/aromatic N) is 2. The van der Waals surface area contributed by atoms with Crippen LogP contribution in [0.3, 0.4) is 0 Å². The first-order chi connectivity index (χ1) is 12.7. The Labute approximate surface area is 153 Å². The lowest BCUT2D eigenvalue weighted by Gasteiger charge is -2.18. The Hall–Kier alpha value is -3.05. The molecule has 0 fully saturated rings. The van der Waals surface area contributed by atoms with E-state index in [9.17, 15) is 4.79 Å². The number of benzene rings is 2. The summed E-state index contributed by atoms with van der Waals surface area (Å²) in [6.07, 6.45) is 1.46. The molecule has 3 aromatic rings. The quantitative estimate of drug-likeness (QED) is 0.688. The van der Waals surface area contributed by atoms with E-state index in [1.54, 1.807) is 0 Å². The van der Waals surface area contributed by atoms with Crippen molar-refractivity contribution in [3.05, 3.63) is 83.7 Å². The molecule has 1 heterocycles. The molecule has 3 rings (SSSR count). The molecule has 0 aliphatic carbocycles. The number of aromatic nitrogens is 2. The second-order valence-electron chi connectivity index (χ2n) is 5.96. The lowest BCUT2D eigenvalue weighted by Crippen LogP contribution is -2.21. The predicted molar refractivity (Wildman–Crippen MR) is 101 cm³/mol. The van der Waals surface area contributed by atoms with Crippen LogP contribution in [0.2, 0.25) is 0 Å². The van der Waals surface area contributed by atoms with Gasteiger partial charge in [0.05, 0.1) is 24.6 Å². The molecule has 0 saturated heterocycles. The first-order valence-electron chi connectivity index (χ1n) is 8.47. The highest BCUT2D eigenvalue weighted by atomic mass is 16.5. The van der Waals surface area contributed by atoms with Crippen LogP contribution in [-0.2, 0) is 11.3 Å². The van der Waals surface area contributed by atoms with Crippen molar-refractivity contribution >= 4 is 5.97 Å². The van der Waals surface area contributed by atoms with Gasteiger partial charge in [0.1, 0.15) is 0 Å². The molecule has 2 aromatic carbocycles. The van der Waals surface area contributed by atoms with E-state index in [4.69, 9.17) is 4.74 Å². The number of rotatable bonds is 6. The topological polar surface area (TPSA) is 64.1 Å². The van der Waals surface area contributed by atoms with Gasteiger partial charge in [0, 0.05) is 18.2 Å². The standard InChI is InChI=1S/C21H21N3O2/c1-15(22-13-16-9-5-3-6-10-16)20-19(17-11-7-4-8-12-17)18(14-23-24-20)21(25)26-2/h3-12,14-15,22H,13H2,1-2H3. The Bertz CT molecular complexity index is 867. The van der Waals surface area contributed by atoms with Gasteiger partial charge in [-0.25, -0.2) is 4.79 Å². The van der Waals surface area contributed by atoms with Crippen LogP contribution < -0.4 is 5.32 Å². The number of hydrogen-bond donors (Lipinski definition) is 1. The van der Waals surface area contributed by atoms with Crippen LogP contribution in [0.15, 0.2) is 66.9 Å². The molecular formula is C21H21N3O2. The van der Waals surface area contributed by atoms with Crippen LogP contribution in [0.4, 0.5) is 0 Å². The van der Waals surface area contributed by atoms with E-state index in [1.807, 2.05) is 55.5 Å². The lowest BCUT2D eigenvalue weighted by atomic mass is 9.96. The van der Waals surface area contributed by atoms with E-state index in [2.05, 4.69) is 27.6 Å². The minimum absolute atomic E-state index is 0.0949. The van der Waals surface area contributed by atoms with E-state index < -0.39 is 5.97 Å². The van der Waals surface area contributed by atoms with Gasteiger partial charge in [0.15, 0.2) is 0 Å². The molecule has 0 spiro atoms. The fourth-order valence-corrected chi connectivity index (χ4v) is 2.84. The fourth-order valence-electron chi connectivity index (χ4n) is 2.84. The van der Waals surface area contributed by atoms with Crippen molar-refractivity contribution < 1.29 is 9.53 Å². The Kier molecular flexibility index (Phi) is 5.71. The van der Waals surface area contributed by atoms with Gasteiger partial charge in [0.25, 0.3) is 0 Å². The molecule has 0 amide bonds. The van der Waals surface area contributed by atoms with E-state index in [0.29, 0.717) is 12.1 Å². The first-order valence-corrected chi connectivity index (χ1v) is 8.47. The number of carbonyl (C=O) groups excluding carboxylic acids is 1. The third-order valence-electron chi connectivity index (χ3n) is 4.21. The third-order valence-corrected chi connectivity index (χ3v) is 4.21. The highest BCUT2D eigenvalue weighted by Gasteiger charge is 2.22. The van der Waals surface area contributed by atoms with Crippen molar-refractivity contribution in [2.45, 2.75) is 19.5 Å². The van der Waals surface area contributed by atoms with Crippen molar-refractivity contribution in [2.24, 2.45) is 0 Å². The first kappa shape index (κ1) is 17.8. The van der Waals surface area contributed by atoms with Crippen LogP contribution in [0.5, 0.6) is 0 Å². The molecule has 26 heavy (non-hydrogen) atoms. The monoisotopic (exact) mass is 347 g/mol. The highest BCUT2D eigenvalue weighted by Crippen LogP contribution is 2.30. The summed E-state index contributed by atoms with van der Waals surface area (Å²) in [5, 5.41) is 11.8. The average Bonchev–Trinajstić information content (AvgIpc) is 2.72. The van der Waals surface area contributed by atoms with Gasteiger partial charge in [-0.05, 0) is 18.1 Å². The maximum atomic E-state index is 12.3. The number of nitrogens with one attached hydrogen (secondary N) is 1. The Balaban J connectivity index is 1.96. The van der Waals surface area contributed by atoms with Gasteiger partial charge in [-0.1, -0.05) is 60.7 Å². The van der Waals surface area contributed by atoms with Gasteiger partial charge in [-0.3, -0.25) is 0 Å². The van der Waals surface area contributed by atoms with Crippen LogP contribution in [0, 0.1) is 0 Å². The summed E-state index contributed by atoms with van der Waals surface area (Å²) in [6, 6.07) is 19.8. The van der Waals surface area contributed by atoms with E-state index in [1.165, 1.54) is 18.9 Å². The minimum atomic E-state index is -0.421. The van der Waals surface area contributed by atoms with Crippen LogP contribution in [0.25, 0.3) is 11.1 Å². The molecule has 1 unspecified atom stereocenters. The van der Waals surface area contributed by atoms with Crippen molar-refractivity contribution in [1.82, 2.24) is 15.5 Å². The largest absolute Gasteiger partial charge is 0.465 e. The van der Waals surface area contributed by atoms with Crippen molar-refractivity contribution in [3.63, 3.8) is 0 Å². The van der Waals surface area contributed by atoms with Gasteiger partial charge in [-0.15, -0.1) is 0 Å². The molecule has 0 aliphatic heterocycles. The summed E-state index contributed by atoms with van der Waals surface area (Å²) in [4.78, 5) is 12.3. The zero-order chi connectivity index (χ0) is 18.4. The third kappa shape index (κ3) is 3.95. The SMILES string of the molecule is COC(=O)c1cnnc(C(C)NCc2ccccc2)c1-c1ccccc1. The maximum absolute atomic E-state index is 12.3. The maximum Gasteiger partial charge on any atom is 0.340 e. The molecule has 1 atom stereocenters. The smallest absolute Gasteiger partial charge is 0.340 e. The molecule has 132 valence electrons. The van der Waals surface area contributed by atoms with E-state index in [-0.39, 0.29) is 6.04 Å². The van der Waals surface area contributed by atoms with Crippen molar-refractivity contribution in [3.8, 4) is 11.1 Å². The molecular weight excluding hydrogens is 326 g/mol. The number of carbonyl (C=O) groups is 1. The number of methoxy groups -OCH3 is 1. The zero-order valence-corrected chi connectivity index (χ0v) is 14.8. The molecule has 0 saturated carbocycles. The number of esters is 1. The van der Waals surface area contributed by atoms with E-state index in [0.717, 1.165) is 16.8 Å². The average molecular weight is 347 g/mol. The predicted octanol–water partition coefficient (Wildman–Crippen LogP) is 3.78. The number of ether oxygens (including phenoxy) is 1. The zero-order valence-electron chi connectivity index (χ0n) is 14.8. The van der Waals surface area contributed by atoms with Crippen LogP contribution in [-0.4, -0.2) is 23.3 Å².